The average molecular weight is 686 g/mol. The third-order valence-electron chi connectivity index (χ3n) is 10.7. The number of aromatic nitrogens is 4. The van der Waals surface area contributed by atoms with Crippen molar-refractivity contribution in [2.75, 3.05) is 19.6 Å². The Balaban J connectivity index is 1.35. The van der Waals surface area contributed by atoms with Crippen LogP contribution in [0.3, 0.4) is 0 Å². The number of nitrogens with zero attached hydrogens (tertiary/aromatic N) is 5. The minimum atomic E-state index is -4.00. The Hall–Kier alpha value is -3.65. The van der Waals surface area contributed by atoms with Gasteiger partial charge in [-0.25, -0.2) is 18.1 Å². The lowest BCUT2D eigenvalue weighted by Gasteiger charge is -2.43. The van der Waals surface area contributed by atoms with Gasteiger partial charge in [-0.05, 0) is 106 Å². The molecule has 2 N–H and O–H groups in total. The summed E-state index contributed by atoms with van der Waals surface area (Å²) in [5.41, 5.74) is 4.27. The molecular formula is C35H41N6O5SSi. The molecule has 3 radical (unpaired) electrons. The molecule has 2 aromatic carbocycles. The first kappa shape index (κ1) is 32.9. The van der Waals surface area contributed by atoms with Crippen LogP contribution >= 0.6 is 0 Å². The highest BCUT2D eigenvalue weighted by Crippen LogP contribution is 2.48. The quantitative estimate of drug-likeness (QED) is 0.273. The summed E-state index contributed by atoms with van der Waals surface area (Å²) in [7, 11) is 0.0833. The number of rotatable bonds is 7. The van der Waals surface area contributed by atoms with Gasteiger partial charge in [-0.1, -0.05) is 29.5 Å². The first-order valence-corrected chi connectivity index (χ1v) is 18.4. The Morgan fingerprint density at radius 1 is 1.12 bits per heavy atom. The van der Waals surface area contributed by atoms with E-state index in [0.29, 0.717) is 37.5 Å². The van der Waals surface area contributed by atoms with Crippen LogP contribution in [0.15, 0.2) is 47.5 Å². The Morgan fingerprint density at radius 2 is 1.85 bits per heavy atom. The zero-order chi connectivity index (χ0) is 34.2. The molecule has 251 valence electrons. The molecule has 3 aliphatic rings. The van der Waals surface area contributed by atoms with Crippen molar-refractivity contribution in [3.8, 4) is 5.88 Å². The highest BCUT2D eigenvalue weighted by atomic mass is 32.2. The molecule has 48 heavy (non-hydrogen) atoms. The number of sulfonamides is 1. The number of hydrogen-bond acceptors (Lipinski definition) is 8. The summed E-state index contributed by atoms with van der Waals surface area (Å²) >= 11 is 0. The minimum Gasteiger partial charge on any atom is -0.481 e. The third kappa shape index (κ3) is 5.17. The van der Waals surface area contributed by atoms with Gasteiger partial charge in [-0.2, -0.15) is 4.31 Å². The molecule has 2 fully saturated rings. The zero-order valence-corrected chi connectivity index (χ0v) is 29.8. The molecule has 1 aliphatic carbocycles. The number of carboxylic acids is 1. The maximum atomic E-state index is 14.4. The van der Waals surface area contributed by atoms with Crippen LogP contribution in [0.4, 0.5) is 0 Å². The minimum absolute atomic E-state index is 0.0661. The number of carbonyl (C=O) groups is 1. The zero-order valence-electron chi connectivity index (χ0n) is 28.0. The van der Waals surface area contributed by atoms with Crippen molar-refractivity contribution in [1.82, 2.24) is 29.6 Å². The van der Waals surface area contributed by atoms with E-state index in [9.17, 15) is 18.3 Å². The van der Waals surface area contributed by atoms with Crippen molar-refractivity contribution in [3.05, 3.63) is 76.0 Å². The predicted molar refractivity (Wildman–Crippen MR) is 182 cm³/mol. The van der Waals surface area contributed by atoms with E-state index in [-0.39, 0.29) is 23.9 Å². The molecular weight excluding hydrogens is 645 g/mol. The number of aliphatic carboxylic acids is 1. The standard InChI is InChI=1S/C35H41N6O5SSi/c1-21-16-29-31(37-18-21)46-34(12-14-36-15-13-34)20-40(47(29,44)45)19-24-17-25(7-6-22(24)2)35(48,33(4,5)32(42)43)27-10-11-28-30(23(27)3)38-39-41(28)26-8-9-26/h6-7,10-11,16-18,26,36H,8-9,12-15,19-20H2,1-5H3,(H,42,43)/t35-/m1/s1. The topological polar surface area (TPSA) is 140 Å². The van der Waals surface area contributed by atoms with E-state index in [1.54, 1.807) is 26.1 Å². The summed E-state index contributed by atoms with van der Waals surface area (Å²) in [6, 6.07) is 11.7. The second-order valence-electron chi connectivity index (χ2n) is 14.3. The third-order valence-corrected chi connectivity index (χ3v) is 13.6. The van der Waals surface area contributed by atoms with Gasteiger partial charge >= 0.3 is 5.97 Å². The molecule has 11 nitrogen and oxygen atoms in total. The summed E-state index contributed by atoms with van der Waals surface area (Å²) in [6.07, 6.45) is 5.04. The van der Waals surface area contributed by atoms with Gasteiger partial charge in [0.15, 0.2) is 0 Å². The van der Waals surface area contributed by atoms with Crippen molar-refractivity contribution < 1.29 is 23.1 Å². The van der Waals surface area contributed by atoms with Gasteiger partial charge in [-0.3, -0.25) is 4.79 Å². The molecule has 7 rings (SSSR count). The number of carboxylic acid groups (broad SMARTS) is 1. The van der Waals surface area contributed by atoms with E-state index >= 15 is 0 Å². The number of hydrogen-bond donors (Lipinski definition) is 2. The maximum Gasteiger partial charge on any atom is 0.309 e. The monoisotopic (exact) mass is 685 g/mol. The van der Waals surface area contributed by atoms with E-state index in [1.807, 2.05) is 55.8 Å². The van der Waals surface area contributed by atoms with Crippen LogP contribution in [0.1, 0.15) is 79.0 Å². The number of ether oxygens (including phenoxy) is 1. The largest absolute Gasteiger partial charge is 0.481 e. The molecule has 0 unspecified atom stereocenters. The molecule has 2 aliphatic heterocycles. The fraction of sp³-hybridized carbons (Fsp3) is 0.486. The Labute approximate surface area is 284 Å². The highest BCUT2D eigenvalue weighted by Gasteiger charge is 2.51. The predicted octanol–water partition coefficient (Wildman–Crippen LogP) is 4.31. The second kappa shape index (κ2) is 11.5. The van der Waals surface area contributed by atoms with E-state index in [1.165, 1.54) is 4.31 Å². The van der Waals surface area contributed by atoms with Gasteiger partial charge in [0.05, 0.1) is 23.5 Å². The van der Waals surface area contributed by atoms with Gasteiger partial charge < -0.3 is 15.2 Å². The molecule has 4 heterocycles. The van der Waals surface area contributed by atoms with Crippen LogP contribution in [-0.4, -0.2) is 79.3 Å². The number of fused-ring (bicyclic) bond motifs is 2. The van der Waals surface area contributed by atoms with Gasteiger partial charge in [0.2, 0.25) is 15.9 Å². The Kier molecular flexibility index (Phi) is 7.85. The lowest BCUT2D eigenvalue weighted by atomic mass is 9.68. The average Bonchev–Trinajstić information content (AvgIpc) is 3.81. The van der Waals surface area contributed by atoms with E-state index in [0.717, 1.165) is 51.7 Å². The van der Waals surface area contributed by atoms with Crippen molar-refractivity contribution in [3.63, 3.8) is 0 Å². The summed E-state index contributed by atoms with van der Waals surface area (Å²) in [5.74, 6) is -0.845. The van der Waals surface area contributed by atoms with E-state index in [4.69, 9.17) is 4.74 Å². The van der Waals surface area contributed by atoms with Crippen LogP contribution in [-0.2, 0) is 26.4 Å². The molecule has 1 saturated heterocycles. The van der Waals surface area contributed by atoms with Crippen molar-refractivity contribution >= 4 is 37.3 Å². The summed E-state index contributed by atoms with van der Waals surface area (Å²) in [6.45, 7) is 10.8. The van der Waals surface area contributed by atoms with Crippen LogP contribution in [0.2, 0.25) is 0 Å². The van der Waals surface area contributed by atoms with Crippen LogP contribution in [0.5, 0.6) is 5.88 Å². The van der Waals surface area contributed by atoms with Crippen LogP contribution < -0.4 is 10.1 Å². The van der Waals surface area contributed by atoms with E-state index < -0.39 is 32.0 Å². The number of piperidine rings is 1. The van der Waals surface area contributed by atoms with Gasteiger partial charge in [0.1, 0.15) is 16.0 Å². The van der Waals surface area contributed by atoms with Crippen LogP contribution in [0, 0.1) is 26.2 Å². The lowest BCUT2D eigenvalue weighted by Crippen LogP contribution is -2.53. The lowest BCUT2D eigenvalue weighted by molar-refractivity contribution is -0.148. The van der Waals surface area contributed by atoms with Gasteiger partial charge in [0, 0.05) is 40.9 Å². The first-order valence-electron chi connectivity index (χ1n) is 16.5. The maximum absolute atomic E-state index is 14.4. The fourth-order valence-corrected chi connectivity index (χ4v) is 9.44. The number of aryl methyl sites for hydroxylation is 3. The Morgan fingerprint density at radius 3 is 2.54 bits per heavy atom. The molecule has 1 atom stereocenters. The summed E-state index contributed by atoms with van der Waals surface area (Å²) < 4.78 is 38.7. The normalized spacial score (nSPS) is 20.5. The second-order valence-corrected chi connectivity index (χ2v) is 17.0. The van der Waals surface area contributed by atoms with Crippen molar-refractivity contribution in [2.45, 2.75) is 88.4 Å². The Bertz CT molecular complexity index is 2050. The fourth-order valence-electron chi connectivity index (χ4n) is 7.27. The van der Waals surface area contributed by atoms with Crippen molar-refractivity contribution in [2.24, 2.45) is 5.41 Å². The van der Waals surface area contributed by atoms with Crippen molar-refractivity contribution in [1.29, 1.82) is 0 Å². The molecule has 0 bridgehead atoms. The summed E-state index contributed by atoms with van der Waals surface area (Å²) in [5, 5.41) is 21.8. The highest BCUT2D eigenvalue weighted by molar-refractivity contribution is 7.89. The molecule has 13 heteroatoms. The molecule has 1 spiro atoms. The smallest absolute Gasteiger partial charge is 0.309 e. The number of nitrogens with one attached hydrogen (secondary N) is 1. The molecule has 2 aromatic heterocycles. The molecule has 0 amide bonds. The molecule has 1 saturated carbocycles. The van der Waals surface area contributed by atoms with Crippen LogP contribution in [0.25, 0.3) is 11.0 Å². The van der Waals surface area contributed by atoms with Gasteiger partial charge in [0.25, 0.3) is 0 Å². The SMILES string of the molecule is Cc1cnc2c(c1)S(=O)(=O)N(Cc1cc([C@@]([Si])(c3ccc4c(nnn4C4CC4)c3C)C(C)(C)C(=O)O)ccc1C)CC1(CCNCC1)O2. The van der Waals surface area contributed by atoms with E-state index in [2.05, 4.69) is 30.9 Å². The summed E-state index contributed by atoms with van der Waals surface area (Å²) in [4.78, 5) is 17.5. The number of benzene rings is 2. The number of pyridine rings is 1. The van der Waals surface area contributed by atoms with Gasteiger partial charge in [-0.15, -0.1) is 5.10 Å². The molecule has 4 aromatic rings. The first-order chi connectivity index (χ1) is 22.7.